The van der Waals surface area contributed by atoms with Crippen LogP contribution in [-0.4, -0.2) is 60.0 Å². The molecule has 0 spiro atoms. The largest absolute Gasteiger partial charge is 0.465 e. The quantitative estimate of drug-likeness (QED) is 0.564. The highest BCUT2D eigenvalue weighted by molar-refractivity contribution is 6.40. The lowest BCUT2D eigenvalue weighted by Gasteiger charge is -2.54. The van der Waals surface area contributed by atoms with Gasteiger partial charge in [-0.25, -0.2) is 9.59 Å². The Kier molecular flexibility index (Phi) is 6.56. The number of methoxy groups -OCH3 is 2. The molecule has 1 fully saturated rings. The lowest BCUT2D eigenvalue weighted by molar-refractivity contribution is -0.156. The Bertz CT molecular complexity index is 859. The number of nitrogens with one attached hydrogen (secondary N) is 1. The minimum atomic E-state index is -0.932. The van der Waals surface area contributed by atoms with Gasteiger partial charge in [0.1, 0.15) is 0 Å². The van der Waals surface area contributed by atoms with Crippen molar-refractivity contribution in [3.05, 3.63) is 29.3 Å². The Hall–Kier alpha value is -2.94. The maximum Gasteiger partial charge on any atom is 0.339 e. The smallest absolute Gasteiger partial charge is 0.339 e. The third-order valence-electron chi connectivity index (χ3n) is 5.23. The van der Waals surface area contributed by atoms with E-state index in [1.165, 1.54) is 37.3 Å². The molecular formula is C21H29N3O6. The number of ether oxygens (including phenoxy) is 2. The van der Waals surface area contributed by atoms with Crippen LogP contribution in [0.15, 0.2) is 18.2 Å². The van der Waals surface area contributed by atoms with Gasteiger partial charge in [0.2, 0.25) is 0 Å². The van der Waals surface area contributed by atoms with E-state index in [9.17, 15) is 19.2 Å². The first-order valence-corrected chi connectivity index (χ1v) is 9.56. The summed E-state index contributed by atoms with van der Waals surface area (Å²) in [6, 6.07) is 3.87. The Morgan fingerprint density at radius 3 is 2.03 bits per heavy atom. The summed E-state index contributed by atoms with van der Waals surface area (Å²) in [5, 5.41) is 2.46. The fourth-order valence-electron chi connectivity index (χ4n) is 4.36. The first kappa shape index (κ1) is 23.3. The monoisotopic (exact) mass is 419 g/mol. The number of nitrogens with two attached hydrogens (primary N) is 1. The Balaban J connectivity index is 2.39. The van der Waals surface area contributed by atoms with Crippen LogP contribution >= 0.6 is 0 Å². The third kappa shape index (κ3) is 4.62. The molecule has 2 rings (SSSR count). The number of hydrogen-bond donors (Lipinski definition) is 2. The summed E-state index contributed by atoms with van der Waals surface area (Å²) in [7, 11) is 2.40. The van der Waals surface area contributed by atoms with Crippen LogP contribution < -0.4 is 11.1 Å². The predicted molar refractivity (Wildman–Crippen MR) is 110 cm³/mol. The molecule has 1 aromatic rings. The van der Waals surface area contributed by atoms with Crippen LogP contribution in [0, 0.1) is 0 Å². The van der Waals surface area contributed by atoms with E-state index in [-0.39, 0.29) is 22.9 Å². The van der Waals surface area contributed by atoms with Crippen molar-refractivity contribution in [2.45, 2.75) is 57.7 Å². The minimum Gasteiger partial charge on any atom is -0.465 e. The van der Waals surface area contributed by atoms with E-state index >= 15 is 0 Å². The second-order valence-electron chi connectivity index (χ2n) is 8.63. The van der Waals surface area contributed by atoms with Crippen LogP contribution in [0.2, 0.25) is 0 Å². The van der Waals surface area contributed by atoms with Crippen molar-refractivity contribution in [1.29, 1.82) is 0 Å². The molecule has 30 heavy (non-hydrogen) atoms. The van der Waals surface area contributed by atoms with Crippen molar-refractivity contribution in [1.82, 2.24) is 4.90 Å². The molecule has 9 heteroatoms. The topological polar surface area (TPSA) is 128 Å². The first-order chi connectivity index (χ1) is 13.8. The van der Waals surface area contributed by atoms with Crippen molar-refractivity contribution in [2.75, 3.05) is 19.5 Å². The van der Waals surface area contributed by atoms with Gasteiger partial charge in [-0.2, -0.15) is 0 Å². The number of carbonyl (C=O) groups excluding carboxylic acids is 4. The molecule has 3 N–H and O–H groups in total. The molecule has 9 nitrogen and oxygen atoms in total. The number of likely N-dealkylation sites (tertiary alicyclic amines) is 1. The molecular weight excluding hydrogens is 390 g/mol. The maximum atomic E-state index is 13.1. The number of rotatable bonds is 3. The summed E-state index contributed by atoms with van der Waals surface area (Å²) in [6.45, 7) is 7.43. The number of anilines is 1. The van der Waals surface area contributed by atoms with Crippen molar-refractivity contribution in [3.63, 3.8) is 0 Å². The Morgan fingerprint density at radius 1 is 1.00 bits per heavy atom. The molecule has 1 aliphatic heterocycles. The molecule has 0 bridgehead atoms. The standard InChI is InChI=1S/C21H29N3O6/c1-20(2)10-13(22)11-21(3,4)24(20)17(26)16(25)23-15-9-12(18(27)29-5)7-8-14(15)19(28)30-6/h7-9,13H,10-11,22H2,1-6H3,(H,23,25). The zero-order valence-electron chi connectivity index (χ0n) is 18.2. The van der Waals surface area contributed by atoms with E-state index in [4.69, 9.17) is 10.5 Å². The van der Waals surface area contributed by atoms with Crippen LogP contribution in [-0.2, 0) is 19.1 Å². The fourth-order valence-corrected chi connectivity index (χ4v) is 4.36. The molecule has 1 heterocycles. The van der Waals surface area contributed by atoms with Gasteiger partial charge in [-0.3, -0.25) is 9.59 Å². The summed E-state index contributed by atoms with van der Waals surface area (Å²) >= 11 is 0. The van der Waals surface area contributed by atoms with Crippen LogP contribution in [0.1, 0.15) is 61.3 Å². The second-order valence-corrected chi connectivity index (χ2v) is 8.63. The van der Waals surface area contributed by atoms with E-state index < -0.39 is 34.8 Å². The molecule has 1 aromatic carbocycles. The lowest BCUT2D eigenvalue weighted by atomic mass is 9.77. The van der Waals surface area contributed by atoms with Crippen LogP contribution in [0.25, 0.3) is 0 Å². The van der Waals surface area contributed by atoms with Crippen molar-refractivity contribution < 1.29 is 28.7 Å². The normalized spacial score (nSPS) is 17.8. The molecule has 1 saturated heterocycles. The van der Waals surface area contributed by atoms with Gasteiger partial charge in [-0.15, -0.1) is 0 Å². The average molecular weight is 419 g/mol. The van der Waals surface area contributed by atoms with E-state index in [0.29, 0.717) is 12.8 Å². The summed E-state index contributed by atoms with van der Waals surface area (Å²) in [5.41, 5.74) is 4.95. The van der Waals surface area contributed by atoms with Gasteiger partial charge in [0.15, 0.2) is 0 Å². The second kappa shape index (κ2) is 8.43. The molecule has 0 aromatic heterocycles. The van der Waals surface area contributed by atoms with Gasteiger partial charge in [-0.1, -0.05) is 0 Å². The minimum absolute atomic E-state index is 0.00508. The highest BCUT2D eigenvalue weighted by atomic mass is 16.5. The molecule has 2 amide bonds. The third-order valence-corrected chi connectivity index (χ3v) is 5.23. The van der Waals surface area contributed by atoms with Gasteiger partial charge in [0.05, 0.1) is 31.0 Å². The van der Waals surface area contributed by atoms with Crippen LogP contribution in [0.3, 0.4) is 0 Å². The highest BCUT2D eigenvalue weighted by Crippen LogP contribution is 2.38. The molecule has 0 atom stereocenters. The van der Waals surface area contributed by atoms with Gasteiger partial charge >= 0.3 is 23.8 Å². The first-order valence-electron chi connectivity index (χ1n) is 9.56. The van der Waals surface area contributed by atoms with E-state index in [1.54, 1.807) is 0 Å². The number of hydrogen-bond acceptors (Lipinski definition) is 7. The highest BCUT2D eigenvalue weighted by Gasteiger charge is 2.48. The number of nitrogens with zero attached hydrogens (tertiary/aromatic N) is 1. The lowest BCUT2D eigenvalue weighted by Crippen LogP contribution is -2.66. The van der Waals surface area contributed by atoms with Crippen molar-refractivity contribution in [2.24, 2.45) is 5.73 Å². The predicted octanol–water partition coefficient (Wildman–Crippen LogP) is 1.71. The number of piperidine rings is 1. The maximum absolute atomic E-state index is 13.1. The van der Waals surface area contributed by atoms with Gasteiger partial charge < -0.3 is 25.4 Å². The zero-order valence-corrected chi connectivity index (χ0v) is 18.2. The molecule has 0 unspecified atom stereocenters. The molecule has 0 radical (unpaired) electrons. The summed E-state index contributed by atoms with van der Waals surface area (Å²) in [4.78, 5) is 51.5. The average Bonchev–Trinajstić information content (AvgIpc) is 2.64. The fraction of sp³-hybridized carbons (Fsp3) is 0.524. The van der Waals surface area contributed by atoms with E-state index in [2.05, 4.69) is 10.1 Å². The molecule has 1 aliphatic rings. The SMILES string of the molecule is COC(=O)c1ccc(C(=O)OC)c(NC(=O)C(=O)N2C(C)(C)CC(N)CC2(C)C)c1. The number of amides is 2. The summed E-state index contributed by atoms with van der Waals surface area (Å²) in [5.74, 6) is -3.06. The molecule has 0 saturated carbocycles. The van der Waals surface area contributed by atoms with Crippen molar-refractivity contribution in [3.8, 4) is 0 Å². The number of esters is 2. The molecule has 164 valence electrons. The van der Waals surface area contributed by atoms with Crippen LogP contribution in [0.5, 0.6) is 0 Å². The summed E-state index contributed by atoms with van der Waals surface area (Å²) in [6.07, 6.45) is 1.08. The van der Waals surface area contributed by atoms with E-state index in [0.717, 1.165) is 0 Å². The summed E-state index contributed by atoms with van der Waals surface area (Å²) < 4.78 is 9.40. The number of benzene rings is 1. The van der Waals surface area contributed by atoms with E-state index in [1.807, 2.05) is 27.7 Å². The Labute approximate surface area is 175 Å². The van der Waals surface area contributed by atoms with Gasteiger partial charge in [-0.05, 0) is 58.7 Å². The molecule has 0 aliphatic carbocycles. The van der Waals surface area contributed by atoms with Crippen LogP contribution in [0.4, 0.5) is 5.69 Å². The number of carbonyl (C=O) groups is 4. The van der Waals surface area contributed by atoms with Gasteiger partial charge in [0.25, 0.3) is 0 Å². The zero-order chi connectivity index (χ0) is 22.9. The van der Waals surface area contributed by atoms with Crippen molar-refractivity contribution >= 4 is 29.4 Å². The Morgan fingerprint density at radius 2 is 1.53 bits per heavy atom. The van der Waals surface area contributed by atoms with Gasteiger partial charge in [0, 0.05) is 17.1 Å².